The first-order valence-corrected chi connectivity index (χ1v) is 6.45. The Morgan fingerprint density at radius 3 is 2.09 bits per heavy atom. The van der Waals surface area contributed by atoms with Crippen molar-refractivity contribution in [3.63, 3.8) is 0 Å². The molecule has 1 fully saturated rings. The highest BCUT2D eigenvalue weighted by molar-refractivity contribution is 7.64. The molecule has 1 aliphatic heterocycles. The van der Waals surface area contributed by atoms with Gasteiger partial charge in [-0.1, -0.05) is 13.8 Å². The van der Waals surface area contributed by atoms with E-state index in [4.69, 9.17) is 0 Å². The first-order valence-electron chi connectivity index (χ1n) is 4.31. The van der Waals surface area contributed by atoms with Gasteiger partial charge in [0.05, 0.1) is 7.14 Å². The lowest BCUT2D eigenvalue weighted by Crippen LogP contribution is -2.33. The van der Waals surface area contributed by atoms with Crippen molar-refractivity contribution in [2.75, 3.05) is 32.5 Å². The summed E-state index contributed by atoms with van der Waals surface area (Å²) in [6, 6.07) is 0. The Morgan fingerprint density at radius 2 is 1.73 bits per heavy atom. The molecule has 0 spiro atoms. The van der Waals surface area contributed by atoms with E-state index in [-0.39, 0.29) is 0 Å². The lowest BCUT2D eigenvalue weighted by atomic mass is 10.5. The molecular formula is C8H18NOP. The fraction of sp³-hybridized carbons (Fsp3) is 1.00. The van der Waals surface area contributed by atoms with Gasteiger partial charge in [-0.25, -0.2) is 0 Å². The van der Waals surface area contributed by atoms with Crippen LogP contribution in [-0.2, 0) is 4.57 Å². The summed E-state index contributed by atoms with van der Waals surface area (Å²) in [6.45, 7) is 6.23. The monoisotopic (exact) mass is 175 g/mol. The average molecular weight is 175 g/mol. The van der Waals surface area contributed by atoms with Gasteiger partial charge in [0.2, 0.25) is 0 Å². The Labute approximate surface area is 69.3 Å². The molecular weight excluding hydrogens is 157 g/mol. The van der Waals surface area contributed by atoms with Crippen LogP contribution in [0.25, 0.3) is 0 Å². The Hall–Kier alpha value is 0.190. The highest BCUT2D eigenvalue weighted by Gasteiger charge is 2.29. The lowest BCUT2D eigenvalue weighted by molar-refractivity contribution is 0.358. The molecule has 0 aromatic rings. The zero-order valence-corrected chi connectivity index (χ0v) is 8.60. The lowest BCUT2D eigenvalue weighted by Gasteiger charge is -2.31. The molecule has 0 N–H and O–H groups in total. The van der Waals surface area contributed by atoms with Gasteiger partial charge < -0.3 is 9.46 Å². The summed E-state index contributed by atoms with van der Waals surface area (Å²) in [4.78, 5) is 2.26. The molecule has 1 aliphatic rings. The molecule has 11 heavy (non-hydrogen) atoms. The van der Waals surface area contributed by atoms with Gasteiger partial charge in [-0.3, -0.25) is 0 Å². The van der Waals surface area contributed by atoms with E-state index in [0.29, 0.717) is 5.66 Å². The minimum absolute atomic E-state index is 0.399. The third-order valence-electron chi connectivity index (χ3n) is 2.66. The standard InChI is InChI=1S/C8H18NOP/c1-8(2)11(10)6-4-9(3)5-7-11/h8H,4-7H2,1-3H3. The van der Waals surface area contributed by atoms with Crippen molar-refractivity contribution < 1.29 is 4.57 Å². The van der Waals surface area contributed by atoms with Crippen molar-refractivity contribution in [1.82, 2.24) is 4.90 Å². The zero-order chi connectivity index (χ0) is 8.48. The molecule has 0 bridgehead atoms. The van der Waals surface area contributed by atoms with Crippen molar-refractivity contribution in [2.45, 2.75) is 19.5 Å². The summed E-state index contributed by atoms with van der Waals surface area (Å²) < 4.78 is 12.1. The van der Waals surface area contributed by atoms with E-state index in [1.54, 1.807) is 0 Å². The number of nitrogens with zero attached hydrogens (tertiary/aromatic N) is 1. The zero-order valence-electron chi connectivity index (χ0n) is 7.71. The van der Waals surface area contributed by atoms with Gasteiger partial charge in [-0.15, -0.1) is 0 Å². The highest BCUT2D eigenvalue weighted by Crippen LogP contribution is 2.51. The van der Waals surface area contributed by atoms with Crippen LogP contribution in [0.2, 0.25) is 0 Å². The second-order valence-electron chi connectivity index (χ2n) is 3.80. The van der Waals surface area contributed by atoms with Crippen LogP contribution in [-0.4, -0.2) is 43.0 Å². The average Bonchev–Trinajstić information content (AvgIpc) is 1.95. The third kappa shape index (κ3) is 2.07. The predicted molar refractivity (Wildman–Crippen MR) is 50.0 cm³/mol. The number of hydrogen-bond donors (Lipinski definition) is 0. The molecule has 0 radical (unpaired) electrons. The molecule has 0 amide bonds. The molecule has 3 heteroatoms. The van der Waals surface area contributed by atoms with Crippen molar-refractivity contribution >= 4 is 7.14 Å². The normalized spacial score (nSPS) is 25.8. The molecule has 1 rings (SSSR count). The summed E-state index contributed by atoms with van der Waals surface area (Å²) >= 11 is 0. The van der Waals surface area contributed by atoms with Gasteiger partial charge in [0.25, 0.3) is 0 Å². The topological polar surface area (TPSA) is 20.3 Å². The smallest absolute Gasteiger partial charge is 0.0926 e. The minimum atomic E-state index is -1.76. The Bertz CT molecular complexity index is 167. The van der Waals surface area contributed by atoms with Crippen molar-refractivity contribution in [3.8, 4) is 0 Å². The summed E-state index contributed by atoms with van der Waals surface area (Å²) in [5.41, 5.74) is 0.399. The number of hydrogen-bond acceptors (Lipinski definition) is 2. The Balaban J connectivity index is 2.56. The molecule has 0 atom stereocenters. The first kappa shape index (κ1) is 9.28. The Kier molecular flexibility index (Phi) is 2.77. The van der Waals surface area contributed by atoms with E-state index < -0.39 is 7.14 Å². The van der Waals surface area contributed by atoms with Gasteiger partial charge in [-0.05, 0) is 7.05 Å². The van der Waals surface area contributed by atoms with Crippen LogP contribution in [0.4, 0.5) is 0 Å². The summed E-state index contributed by atoms with van der Waals surface area (Å²) in [6.07, 6.45) is 1.86. The van der Waals surface area contributed by atoms with Crippen LogP contribution in [0.15, 0.2) is 0 Å². The molecule has 1 heterocycles. The van der Waals surface area contributed by atoms with Crippen molar-refractivity contribution in [1.29, 1.82) is 0 Å². The minimum Gasteiger partial charge on any atom is -0.323 e. The highest BCUT2D eigenvalue weighted by atomic mass is 31.2. The van der Waals surface area contributed by atoms with E-state index in [1.165, 1.54) is 0 Å². The van der Waals surface area contributed by atoms with Gasteiger partial charge in [-0.2, -0.15) is 0 Å². The third-order valence-corrected chi connectivity index (χ3v) is 6.46. The van der Waals surface area contributed by atoms with Crippen LogP contribution in [0, 0.1) is 0 Å². The largest absolute Gasteiger partial charge is 0.323 e. The Morgan fingerprint density at radius 1 is 1.27 bits per heavy atom. The second-order valence-corrected chi connectivity index (χ2v) is 7.63. The van der Waals surface area contributed by atoms with E-state index in [9.17, 15) is 4.57 Å². The van der Waals surface area contributed by atoms with Gasteiger partial charge >= 0.3 is 0 Å². The van der Waals surface area contributed by atoms with E-state index in [1.807, 2.05) is 0 Å². The fourth-order valence-electron chi connectivity index (χ4n) is 1.42. The van der Waals surface area contributed by atoms with E-state index in [2.05, 4.69) is 25.8 Å². The maximum Gasteiger partial charge on any atom is 0.0926 e. The maximum atomic E-state index is 12.1. The maximum absolute atomic E-state index is 12.1. The molecule has 0 aliphatic carbocycles. The molecule has 0 aromatic heterocycles. The van der Waals surface area contributed by atoms with Crippen LogP contribution in [0.3, 0.4) is 0 Å². The quantitative estimate of drug-likeness (QED) is 0.565. The summed E-state index contributed by atoms with van der Waals surface area (Å²) in [5, 5.41) is 0. The fourth-order valence-corrected chi connectivity index (χ4v) is 4.04. The molecule has 0 unspecified atom stereocenters. The SMILES string of the molecule is CC(C)P1(=O)CCN(C)CC1. The van der Waals surface area contributed by atoms with Gasteiger partial charge in [0.1, 0.15) is 0 Å². The molecule has 1 saturated heterocycles. The van der Waals surface area contributed by atoms with Crippen LogP contribution >= 0.6 is 7.14 Å². The van der Waals surface area contributed by atoms with Crippen molar-refractivity contribution in [2.24, 2.45) is 0 Å². The summed E-state index contributed by atoms with van der Waals surface area (Å²) in [7, 11) is 0.337. The van der Waals surface area contributed by atoms with Crippen LogP contribution in [0.5, 0.6) is 0 Å². The molecule has 66 valence electrons. The van der Waals surface area contributed by atoms with Gasteiger partial charge in [0, 0.05) is 31.1 Å². The number of rotatable bonds is 1. The van der Waals surface area contributed by atoms with E-state index >= 15 is 0 Å². The molecule has 0 saturated carbocycles. The summed E-state index contributed by atoms with van der Waals surface area (Å²) in [5.74, 6) is 0. The van der Waals surface area contributed by atoms with Crippen LogP contribution in [0.1, 0.15) is 13.8 Å². The van der Waals surface area contributed by atoms with E-state index in [0.717, 1.165) is 25.4 Å². The van der Waals surface area contributed by atoms with Crippen LogP contribution < -0.4 is 0 Å². The van der Waals surface area contributed by atoms with Crippen molar-refractivity contribution in [3.05, 3.63) is 0 Å². The molecule has 2 nitrogen and oxygen atoms in total. The molecule has 0 aromatic carbocycles. The van der Waals surface area contributed by atoms with Gasteiger partial charge in [0.15, 0.2) is 0 Å². The second kappa shape index (κ2) is 3.28. The first-order chi connectivity index (χ1) is 5.04. The predicted octanol–water partition coefficient (Wildman–Crippen LogP) is 1.70.